The Morgan fingerprint density at radius 2 is 1.64 bits per heavy atom. The molecule has 0 heterocycles. The van der Waals surface area contributed by atoms with E-state index in [1.807, 2.05) is 75.4 Å². The van der Waals surface area contributed by atoms with Crippen molar-refractivity contribution < 1.29 is 4.74 Å². The molecule has 2 aromatic carbocycles. The molecule has 0 spiro atoms. The summed E-state index contributed by atoms with van der Waals surface area (Å²) in [5.41, 5.74) is 2.55. The summed E-state index contributed by atoms with van der Waals surface area (Å²) in [5.74, 6) is 6.33. The van der Waals surface area contributed by atoms with Crippen LogP contribution in [0.25, 0.3) is 0 Å². The maximum absolute atomic E-state index is 12.1. The number of hydrogen-bond donors (Lipinski definition) is 0. The van der Waals surface area contributed by atoms with Gasteiger partial charge < -0.3 is 5.21 Å². The van der Waals surface area contributed by atoms with Gasteiger partial charge in [0.05, 0.1) is 0 Å². The average Bonchev–Trinajstić information content (AvgIpc) is 2.49. The lowest BCUT2D eigenvalue weighted by Crippen LogP contribution is -2.29. The quantitative estimate of drug-likeness (QED) is 0.270. The molecule has 0 aliphatic carbocycles. The molecule has 0 aromatic heterocycles. The van der Waals surface area contributed by atoms with Gasteiger partial charge in [-0.15, -0.1) is 0 Å². The van der Waals surface area contributed by atoms with E-state index < -0.39 is 5.54 Å². The van der Waals surface area contributed by atoms with Crippen LogP contribution in [0.15, 0.2) is 54.6 Å². The molecule has 0 saturated heterocycles. The fraction of sp³-hybridized carbons (Fsp3) is 0.250. The van der Waals surface area contributed by atoms with Crippen LogP contribution in [0.5, 0.6) is 0 Å². The highest BCUT2D eigenvalue weighted by molar-refractivity contribution is 5.78. The molecule has 2 nitrogen and oxygen atoms in total. The lowest BCUT2D eigenvalue weighted by molar-refractivity contribution is -0.530. The standard InChI is InChI=1S/C20H21NO/c1-20(2,3)21(22)16-19-14-8-7-13-18(19)15-9-12-17-10-5-4-6-11-17/h4-8,10-11,13-14,16H,15H2,1-3H3/b21-16-. The summed E-state index contributed by atoms with van der Waals surface area (Å²) in [6, 6.07) is 17.8. The van der Waals surface area contributed by atoms with Crippen LogP contribution in [0.3, 0.4) is 0 Å². The fourth-order valence-corrected chi connectivity index (χ4v) is 1.90. The van der Waals surface area contributed by atoms with Crippen LogP contribution in [0.4, 0.5) is 0 Å². The van der Waals surface area contributed by atoms with Gasteiger partial charge in [-0.1, -0.05) is 48.2 Å². The molecular formula is C20H21NO. The van der Waals surface area contributed by atoms with Crippen LogP contribution >= 0.6 is 0 Å². The van der Waals surface area contributed by atoms with Crippen molar-refractivity contribution in [2.75, 3.05) is 0 Å². The lowest BCUT2D eigenvalue weighted by atomic mass is 10.0. The fourth-order valence-electron chi connectivity index (χ4n) is 1.90. The molecule has 22 heavy (non-hydrogen) atoms. The zero-order valence-corrected chi connectivity index (χ0v) is 13.3. The van der Waals surface area contributed by atoms with Gasteiger partial charge in [0.25, 0.3) is 0 Å². The molecule has 2 rings (SSSR count). The average molecular weight is 291 g/mol. The van der Waals surface area contributed by atoms with E-state index in [2.05, 4.69) is 11.8 Å². The first kappa shape index (κ1) is 15.9. The minimum atomic E-state index is -0.442. The molecule has 0 radical (unpaired) electrons. The second kappa shape index (κ2) is 6.95. The molecule has 0 unspecified atom stereocenters. The van der Waals surface area contributed by atoms with E-state index in [0.29, 0.717) is 6.42 Å². The molecule has 0 aliphatic rings. The summed E-state index contributed by atoms with van der Waals surface area (Å²) in [4.78, 5) is 0. The first-order valence-corrected chi connectivity index (χ1v) is 7.40. The van der Waals surface area contributed by atoms with Gasteiger partial charge in [-0.25, -0.2) is 4.74 Å². The number of hydrogen-bond acceptors (Lipinski definition) is 1. The monoisotopic (exact) mass is 291 g/mol. The first-order valence-electron chi connectivity index (χ1n) is 7.40. The summed E-state index contributed by atoms with van der Waals surface area (Å²) >= 11 is 0. The Morgan fingerprint density at radius 3 is 2.32 bits per heavy atom. The highest BCUT2D eigenvalue weighted by Crippen LogP contribution is 2.10. The van der Waals surface area contributed by atoms with Gasteiger partial charge in [-0.3, -0.25) is 0 Å². The van der Waals surface area contributed by atoms with Gasteiger partial charge >= 0.3 is 0 Å². The molecule has 112 valence electrons. The van der Waals surface area contributed by atoms with E-state index in [4.69, 9.17) is 0 Å². The largest absolute Gasteiger partial charge is 0.623 e. The van der Waals surface area contributed by atoms with E-state index in [9.17, 15) is 5.21 Å². The second-order valence-corrected chi connectivity index (χ2v) is 6.17. The Hall–Kier alpha value is -2.53. The smallest absolute Gasteiger partial charge is 0.182 e. The molecule has 0 amide bonds. The third-order valence-electron chi connectivity index (χ3n) is 3.26. The van der Waals surface area contributed by atoms with Crippen molar-refractivity contribution in [3.63, 3.8) is 0 Å². The van der Waals surface area contributed by atoms with Crippen molar-refractivity contribution in [2.45, 2.75) is 32.7 Å². The third kappa shape index (κ3) is 4.49. The molecule has 2 aromatic rings. The topological polar surface area (TPSA) is 26.1 Å². The summed E-state index contributed by atoms with van der Waals surface area (Å²) in [6.45, 7) is 5.69. The van der Waals surface area contributed by atoms with Crippen LogP contribution in [0.1, 0.15) is 37.5 Å². The Bertz CT molecular complexity index is 713. The summed E-state index contributed by atoms with van der Waals surface area (Å²) in [7, 11) is 0. The maximum atomic E-state index is 12.1. The Morgan fingerprint density at radius 1 is 1.00 bits per heavy atom. The number of nitrogens with zero attached hydrogens (tertiary/aromatic N) is 1. The van der Waals surface area contributed by atoms with Crippen molar-refractivity contribution in [1.29, 1.82) is 0 Å². The highest BCUT2D eigenvalue weighted by atomic mass is 16.5. The van der Waals surface area contributed by atoms with Crippen molar-refractivity contribution in [3.05, 3.63) is 76.5 Å². The summed E-state index contributed by atoms with van der Waals surface area (Å²) < 4.78 is 0.996. The van der Waals surface area contributed by atoms with Crippen LogP contribution in [0, 0.1) is 17.0 Å². The molecule has 0 fully saturated rings. The first-order chi connectivity index (χ1) is 10.5. The molecule has 0 bridgehead atoms. The summed E-state index contributed by atoms with van der Waals surface area (Å²) in [6.07, 6.45) is 2.28. The number of rotatable bonds is 2. The zero-order chi connectivity index (χ0) is 16.0. The van der Waals surface area contributed by atoms with Crippen LogP contribution in [-0.2, 0) is 6.42 Å². The zero-order valence-electron chi connectivity index (χ0n) is 13.3. The maximum Gasteiger partial charge on any atom is 0.182 e. The van der Waals surface area contributed by atoms with E-state index in [1.165, 1.54) is 0 Å². The Balaban J connectivity index is 2.21. The van der Waals surface area contributed by atoms with Gasteiger partial charge in [0.2, 0.25) is 0 Å². The normalized spacial score (nSPS) is 11.7. The van der Waals surface area contributed by atoms with Gasteiger partial charge in [-0.2, -0.15) is 0 Å². The van der Waals surface area contributed by atoms with E-state index in [1.54, 1.807) is 6.21 Å². The Kier molecular flexibility index (Phi) is 5.01. The molecule has 2 heteroatoms. The minimum absolute atomic E-state index is 0.442. The van der Waals surface area contributed by atoms with Crippen molar-refractivity contribution in [3.8, 4) is 11.8 Å². The van der Waals surface area contributed by atoms with Crippen molar-refractivity contribution in [2.24, 2.45) is 0 Å². The highest BCUT2D eigenvalue weighted by Gasteiger charge is 2.18. The predicted molar refractivity (Wildman–Crippen MR) is 92.0 cm³/mol. The molecule has 0 saturated carbocycles. The lowest BCUT2D eigenvalue weighted by Gasteiger charge is -2.19. The molecule has 0 atom stereocenters. The van der Waals surface area contributed by atoms with Gasteiger partial charge in [-0.05, 0) is 23.8 Å². The van der Waals surface area contributed by atoms with Crippen LogP contribution in [0.2, 0.25) is 0 Å². The van der Waals surface area contributed by atoms with Crippen LogP contribution in [-0.4, -0.2) is 16.5 Å². The SMILES string of the molecule is CC(C)(C)/[N+]([O-])=C/c1ccccc1CC#Cc1ccccc1. The van der Waals surface area contributed by atoms with E-state index in [-0.39, 0.29) is 0 Å². The molecular weight excluding hydrogens is 270 g/mol. The predicted octanol–water partition coefficient (Wildman–Crippen LogP) is 4.01. The molecule has 0 N–H and O–H groups in total. The summed E-state index contributed by atoms with van der Waals surface area (Å²) in [5, 5.41) is 12.1. The minimum Gasteiger partial charge on any atom is -0.623 e. The Labute approximate surface area is 132 Å². The van der Waals surface area contributed by atoms with E-state index >= 15 is 0 Å². The van der Waals surface area contributed by atoms with Gasteiger partial charge in [0.1, 0.15) is 0 Å². The van der Waals surface area contributed by atoms with Gasteiger partial charge in [0.15, 0.2) is 11.8 Å². The third-order valence-corrected chi connectivity index (χ3v) is 3.26. The van der Waals surface area contributed by atoms with Crippen LogP contribution < -0.4 is 0 Å². The van der Waals surface area contributed by atoms with Gasteiger partial charge in [0, 0.05) is 38.3 Å². The number of benzene rings is 2. The second-order valence-electron chi connectivity index (χ2n) is 6.17. The van der Waals surface area contributed by atoms with Crippen molar-refractivity contribution in [1.82, 2.24) is 0 Å². The molecule has 0 aliphatic heterocycles. The number of hydroxylamine groups is 1. The van der Waals surface area contributed by atoms with E-state index in [0.717, 1.165) is 21.4 Å². The van der Waals surface area contributed by atoms with Crippen molar-refractivity contribution >= 4 is 6.21 Å².